The van der Waals surface area contributed by atoms with Gasteiger partial charge < -0.3 is 9.80 Å². The van der Waals surface area contributed by atoms with Crippen molar-refractivity contribution in [2.24, 2.45) is 5.84 Å². The van der Waals surface area contributed by atoms with Gasteiger partial charge in [-0.3, -0.25) is 11.3 Å². The first-order valence-electron chi connectivity index (χ1n) is 9.02. The summed E-state index contributed by atoms with van der Waals surface area (Å²) in [4.78, 5) is 4.93. The lowest BCUT2D eigenvalue weighted by Crippen LogP contribution is -2.52. The first-order chi connectivity index (χ1) is 10.2. The zero-order chi connectivity index (χ0) is 15.5. The Bertz CT molecular complexity index is 247. The van der Waals surface area contributed by atoms with Crippen LogP contribution in [0.25, 0.3) is 0 Å². The molecule has 4 heteroatoms. The number of nitrogens with one attached hydrogen (secondary N) is 1. The molecule has 0 amide bonds. The number of rotatable bonds is 11. The SMILES string of the molecule is CCCCCCCCCC(CC1CN(C)CCN1C)NN. The maximum atomic E-state index is 5.77. The average Bonchev–Trinajstić information content (AvgIpc) is 2.48. The molecular formula is C17H38N4. The Kier molecular flexibility index (Phi) is 10.3. The summed E-state index contributed by atoms with van der Waals surface area (Å²) in [5.74, 6) is 5.77. The number of hydrogen-bond acceptors (Lipinski definition) is 4. The normalized spacial score (nSPS) is 22.6. The van der Waals surface area contributed by atoms with Crippen LogP contribution in [0.5, 0.6) is 0 Å². The maximum absolute atomic E-state index is 5.77. The van der Waals surface area contributed by atoms with Crippen molar-refractivity contribution < 1.29 is 0 Å². The Morgan fingerprint density at radius 2 is 1.71 bits per heavy atom. The van der Waals surface area contributed by atoms with Crippen molar-refractivity contribution in [3.8, 4) is 0 Å². The molecule has 1 aliphatic rings. The Morgan fingerprint density at radius 3 is 2.38 bits per heavy atom. The highest BCUT2D eigenvalue weighted by atomic mass is 15.3. The van der Waals surface area contributed by atoms with Crippen LogP contribution in [0.1, 0.15) is 64.7 Å². The topological polar surface area (TPSA) is 44.5 Å². The molecule has 0 aromatic rings. The first kappa shape index (κ1) is 18.9. The van der Waals surface area contributed by atoms with Crippen LogP contribution in [0.3, 0.4) is 0 Å². The molecule has 1 aliphatic heterocycles. The van der Waals surface area contributed by atoms with Gasteiger partial charge in [-0.25, -0.2) is 0 Å². The van der Waals surface area contributed by atoms with Crippen LogP contribution in [-0.2, 0) is 0 Å². The Labute approximate surface area is 132 Å². The molecule has 0 saturated carbocycles. The summed E-state index contributed by atoms with van der Waals surface area (Å²) in [5.41, 5.74) is 3.05. The van der Waals surface area contributed by atoms with E-state index in [2.05, 4.69) is 36.2 Å². The fourth-order valence-corrected chi connectivity index (χ4v) is 3.30. The monoisotopic (exact) mass is 298 g/mol. The van der Waals surface area contributed by atoms with Gasteiger partial charge >= 0.3 is 0 Å². The quantitative estimate of drug-likeness (QED) is 0.350. The van der Waals surface area contributed by atoms with Crippen molar-refractivity contribution in [3.05, 3.63) is 0 Å². The van der Waals surface area contributed by atoms with Gasteiger partial charge in [-0.05, 0) is 26.9 Å². The van der Waals surface area contributed by atoms with Crippen LogP contribution < -0.4 is 11.3 Å². The lowest BCUT2D eigenvalue weighted by Gasteiger charge is -2.39. The Balaban J connectivity index is 2.13. The van der Waals surface area contributed by atoms with Gasteiger partial charge in [-0.2, -0.15) is 0 Å². The summed E-state index contributed by atoms with van der Waals surface area (Å²) in [6, 6.07) is 1.12. The van der Waals surface area contributed by atoms with Crippen molar-refractivity contribution in [2.75, 3.05) is 33.7 Å². The van der Waals surface area contributed by atoms with E-state index in [4.69, 9.17) is 5.84 Å². The van der Waals surface area contributed by atoms with E-state index in [0.717, 1.165) is 0 Å². The highest BCUT2D eigenvalue weighted by molar-refractivity contribution is 4.82. The molecule has 0 bridgehead atoms. The highest BCUT2D eigenvalue weighted by Gasteiger charge is 2.24. The summed E-state index contributed by atoms with van der Waals surface area (Å²) >= 11 is 0. The standard InChI is InChI=1S/C17H38N4/c1-4-5-6-7-8-9-10-11-16(19-18)14-17-15-20(2)12-13-21(17)3/h16-17,19H,4-15,18H2,1-3H3. The summed E-state index contributed by atoms with van der Waals surface area (Å²) in [6.07, 6.45) is 12.0. The van der Waals surface area contributed by atoms with Gasteiger partial charge in [-0.15, -0.1) is 0 Å². The molecule has 0 spiro atoms. The molecule has 0 radical (unpaired) electrons. The van der Waals surface area contributed by atoms with Gasteiger partial charge in [0.15, 0.2) is 0 Å². The number of piperazine rings is 1. The van der Waals surface area contributed by atoms with Crippen molar-refractivity contribution in [2.45, 2.75) is 76.8 Å². The van der Waals surface area contributed by atoms with E-state index >= 15 is 0 Å². The number of unbranched alkanes of at least 4 members (excludes halogenated alkanes) is 6. The van der Waals surface area contributed by atoms with Crippen molar-refractivity contribution in [3.63, 3.8) is 0 Å². The van der Waals surface area contributed by atoms with Crippen LogP contribution in [-0.4, -0.2) is 55.6 Å². The minimum absolute atomic E-state index is 0.472. The van der Waals surface area contributed by atoms with Gasteiger partial charge in [0.05, 0.1) is 0 Å². The molecular weight excluding hydrogens is 260 g/mol. The molecule has 1 rings (SSSR count). The smallest absolute Gasteiger partial charge is 0.0235 e. The van der Waals surface area contributed by atoms with Crippen molar-refractivity contribution >= 4 is 0 Å². The van der Waals surface area contributed by atoms with Crippen LogP contribution in [0.15, 0.2) is 0 Å². The molecule has 0 aromatic heterocycles. The van der Waals surface area contributed by atoms with Crippen LogP contribution in [0, 0.1) is 0 Å². The third-order valence-electron chi connectivity index (χ3n) is 4.93. The summed E-state index contributed by atoms with van der Waals surface area (Å²) in [5, 5.41) is 0. The maximum Gasteiger partial charge on any atom is 0.0235 e. The predicted molar refractivity (Wildman–Crippen MR) is 92.3 cm³/mol. The van der Waals surface area contributed by atoms with Crippen LogP contribution in [0.2, 0.25) is 0 Å². The minimum atomic E-state index is 0.472. The Morgan fingerprint density at radius 1 is 1.05 bits per heavy atom. The van der Waals surface area contributed by atoms with E-state index in [9.17, 15) is 0 Å². The van der Waals surface area contributed by atoms with E-state index in [1.165, 1.54) is 77.4 Å². The van der Waals surface area contributed by atoms with E-state index in [-0.39, 0.29) is 0 Å². The predicted octanol–water partition coefficient (Wildman–Crippen LogP) is 2.59. The Hall–Kier alpha value is -0.160. The third kappa shape index (κ3) is 8.15. The summed E-state index contributed by atoms with van der Waals surface area (Å²) in [7, 11) is 4.47. The molecule has 0 aliphatic carbocycles. The van der Waals surface area contributed by atoms with Gasteiger partial charge in [0.1, 0.15) is 0 Å². The number of hydrogen-bond donors (Lipinski definition) is 2. The molecule has 1 fully saturated rings. The minimum Gasteiger partial charge on any atom is -0.304 e. The average molecular weight is 299 g/mol. The molecule has 4 nitrogen and oxygen atoms in total. The third-order valence-corrected chi connectivity index (χ3v) is 4.93. The first-order valence-corrected chi connectivity index (χ1v) is 9.02. The highest BCUT2D eigenvalue weighted by Crippen LogP contribution is 2.16. The fraction of sp³-hybridized carbons (Fsp3) is 1.00. The molecule has 2 atom stereocenters. The second-order valence-electron chi connectivity index (χ2n) is 6.91. The lowest BCUT2D eigenvalue weighted by atomic mass is 9.98. The van der Waals surface area contributed by atoms with Gasteiger partial charge in [0, 0.05) is 31.7 Å². The summed E-state index contributed by atoms with van der Waals surface area (Å²) in [6.45, 7) is 5.81. The molecule has 3 N–H and O–H groups in total. The van der Waals surface area contributed by atoms with Crippen molar-refractivity contribution in [1.29, 1.82) is 0 Å². The van der Waals surface area contributed by atoms with E-state index in [0.29, 0.717) is 12.1 Å². The fourth-order valence-electron chi connectivity index (χ4n) is 3.30. The molecule has 21 heavy (non-hydrogen) atoms. The molecule has 1 heterocycles. The molecule has 0 aromatic carbocycles. The summed E-state index contributed by atoms with van der Waals surface area (Å²) < 4.78 is 0. The van der Waals surface area contributed by atoms with Gasteiger partial charge in [0.25, 0.3) is 0 Å². The van der Waals surface area contributed by atoms with E-state index < -0.39 is 0 Å². The lowest BCUT2D eigenvalue weighted by molar-refractivity contribution is 0.0998. The zero-order valence-electron chi connectivity index (χ0n) is 14.6. The molecule has 2 unspecified atom stereocenters. The molecule has 1 saturated heterocycles. The number of likely N-dealkylation sites (N-methyl/N-ethyl adjacent to an activating group) is 2. The molecule has 126 valence electrons. The second-order valence-corrected chi connectivity index (χ2v) is 6.91. The second kappa shape index (κ2) is 11.4. The number of hydrazine groups is 1. The zero-order valence-corrected chi connectivity index (χ0v) is 14.6. The van der Waals surface area contributed by atoms with Crippen LogP contribution in [0.4, 0.5) is 0 Å². The van der Waals surface area contributed by atoms with Crippen molar-refractivity contribution in [1.82, 2.24) is 15.2 Å². The van der Waals surface area contributed by atoms with E-state index in [1.54, 1.807) is 0 Å². The van der Waals surface area contributed by atoms with Gasteiger partial charge in [0.2, 0.25) is 0 Å². The van der Waals surface area contributed by atoms with Crippen LogP contribution >= 0.6 is 0 Å². The largest absolute Gasteiger partial charge is 0.304 e. The van der Waals surface area contributed by atoms with Gasteiger partial charge in [-0.1, -0.05) is 51.9 Å². The van der Waals surface area contributed by atoms with E-state index in [1.807, 2.05) is 0 Å². The number of nitrogens with two attached hydrogens (primary N) is 1. The number of nitrogens with zero attached hydrogens (tertiary/aromatic N) is 2.